The lowest BCUT2D eigenvalue weighted by atomic mass is 10.2. The predicted octanol–water partition coefficient (Wildman–Crippen LogP) is 3.21. The van der Waals surface area contributed by atoms with Crippen molar-refractivity contribution in [2.75, 3.05) is 12.5 Å². The van der Waals surface area contributed by atoms with Crippen molar-refractivity contribution in [1.29, 1.82) is 0 Å². The zero-order valence-corrected chi connectivity index (χ0v) is 9.52. The molecule has 0 saturated carbocycles. The Bertz CT molecular complexity index is 357. The molecule has 4 heteroatoms. The van der Waals surface area contributed by atoms with Crippen molar-refractivity contribution in [3.05, 3.63) is 42.4 Å². The molecule has 16 heavy (non-hydrogen) atoms. The van der Waals surface area contributed by atoms with E-state index in [1.54, 1.807) is 0 Å². The molecule has 1 aliphatic heterocycles. The van der Waals surface area contributed by atoms with Gasteiger partial charge < -0.3 is 14.2 Å². The van der Waals surface area contributed by atoms with Crippen LogP contribution in [0.1, 0.15) is 18.3 Å². The van der Waals surface area contributed by atoms with E-state index in [9.17, 15) is 0 Å². The second-order valence-corrected chi connectivity index (χ2v) is 3.68. The Morgan fingerprint density at radius 2 is 1.94 bits per heavy atom. The Labute approximate surface area is 99.6 Å². The van der Waals surface area contributed by atoms with Gasteiger partial charge in [-0.25, -0.2) is 0 Å². The first-order chi connectivity index (χ1) is 7.92. The number of benzene rings is 1. The van der Waals surface area contributed by atoms with Crippen molar-refractivity contribution in [1.82, 2.24) is 0 Å². The largest absolute Gasteiger partial charge is 0.493 e. The van der Waals surface area contributed by atoms with Gasteiger partial charge in [0.25, 0.3) is 6.29 Å². The van der Waals surface area contributed by atoms with E-state index in [0.717, 1.165) is 17.7 Å². The number of hydrogen-bond donors (Lipinski definition) is 0. The maximum Gasteiger partial charge on any atom is 0.269 e. The molecule has 0 atom stereocenters. The fourth-order valence-electron chi connectivity index (χ4n) is 1.43. The van der Waals surface area contributed by atoms with Crippen molar-refractivity contribution < 1.29 is 14.2 Å². The highest BCUT2D eigenvalue weighted by Gasteiger charge is 2.19. The molecule has 0 radical (unpaired) electrons. The molecule has 1 aromatic rings. The van der Waals surface area contributed by atoms with Gasteiger partial charge in [-0.3, -0.25) is 0 Å². The Morgan fingerprint density at radius 1 is 1.19 bits per heavy atom. The third kappa shape index (κ3) is 2.61. The van der Waals surface area contributed by atoms with Crippen LogP contribution in [0.2, 0.25) is 0 Å². The van der Waals surface area contributed by atoms with E-state index in [4.69, 9.17) is 25.8 Å². The van der Waals surface area contributed by atoms with Crippen LogP contribution >= 0.6 is 11.6 Å². The molecule has 0 saturated heterocycles. The van der Waals surface area contributed by atoms with Gasteiger partial charge in [-0.15, -0.1) is 11.6 Å². The second-order valence-electron chi connectivity index (χ2n) is 3.31. The standard InChI is InChI=1S/C12H13ClO3/c13-6-3-7-14-11-5-2-1-4-10(11)12-15-8-9-16-12/h1-2,4-5,8-9,12H,3,6-7H2. The van der Waals surface area contributed by atoms with Gasteiger partial charge in [0.15, 0.2) is 0 Å². The second kappa shape index (κ2) is 5.66. The lowest BCUT2D eigenvalue weighted by Crippen LogP contribution is -2.04. The van der Waals surface area contributed by atoms with E-state index in [1.165, 1.54) is 12.5 Å². The molecule has 0 spiro atoms. The number of alkyl halides is 1. The van der Waals surface area contributed by atoms with Crippen LogP contribution in [0.25, 0.3) is 0 Å². The van der Waals surface area contributed by atoms with Crippen molar-refractivity contribution >= 4 is 11.6 Å². The first kappa shape index (κ1) is 11.1. The third-order valence-corrected chi connectivity index (χ3v) is 2.44. The van der Waals surface area contributed by atoms with Crippen LogP contribution in [0.3, 0.4) is 0 Å². The summed E-state index contributed by atoms with van der Waals surface area (Å²) >= 11 is 5.60. The lowest BCUT2D eigenvalue weighted by Gasteiger charge is -2.15. The van der Waals surface area contributed by atoms with Crippen LogP contribution in [-0.2, 0) is 9.47 Å². The molecule has 0 aliphatic carbocycles. The summed E-state index contributed by atoms with van der Waals surface area (Å²) in [6, 6.07) is 7.67. The summed E-state index contributed by atoms with van der Waals surface area (Å²) in [5, 5.41) is 0. The van der Waals surface area contributed by atoms with Crippen molar-refractivity contribution in [2.45, 2.75) is 12.7 Å². The van der Waals surface area contributed by atoms with Gasteiger partial charge >= 0.3 is 0 Å². The van der Waals surface area contributed by atoms with Gasteiger partial charge in [-0.05, 0) is 18.6 Å². The summed E-state index contributed by atoms with van der Waals surface area (Å²) in [6.07, 6.45) is 3.48. The molecular weight excluding hydrogens is 228 g/mol. The first-order valence-corrected chi connectivity index (χ1v) is 5.69. The quantitative estimate of drug-likeness (QED) is 0.584. The van der Waals surface area contributed by atoms with Crippen LogP contribution in [0.5, 0.6) is 5.75 Å². The van der Waals surface area contributed by atoms with Crippen LogP contribution in [0, 0.1) is 0 Å². The number of ether oxygens (including phenoxy) is 3. The summed E-state index contributed by atoms with van der Waals surface area (Å²) in [5.41, 5.74) is 0.891. The van der Waals surface area contributed by atoms with Crippen molar-refractivity contribution in [3.63, 3.8) is 0 Å². The fraction of sp³-hybridized carbons (Fsp3) is 0.333. The average Bonchev–Trinajstić information content (AvgIpc) is 2.83. The molecule has 0 amide bonds. The topological polar surface area (TPSA) is 27.7 Å². The van der Waals surface area contributed by atoms with E-state index >= 15 is 0 Å². The summed E-state index contributed by atoms with van der Waals surface area (Å²) in [4.78, 5) is 0. The molecule has 0 fully saturated rings. The summed E-state index contributed by atoms with van der Waals surface area (Å²) in [5.74, 6) is 1.38. The van der Waals surface area contributed by atoms with Crippen LogP contribution in [0.4, 0.5) is 0 Å². The van der Waals surface area contributed by atoms with Gasteiger partial charge in [0.05, 0.1) is 12.2 Å². The minimum atomic E-state index is -0.396. The van der Waals surface area contributed by atoms with Crippen LogP contribution in [-0.4, -0.2) is 12.5 Å². The van der Waals surface area contributed by atoms with Gasteiger partial charge in [-0.2, -0.15) is 0 Å². The number of rotatable bonds is 5. The van der Waals surface area contributed by atoms with E-state index in [1.807, 2.05) is 24.3 Å². The fourth-order valence-corrected chi connectivity index (χ4v) is 1.54. The maximum absolute atomic E-state index is 5.62. The molecule has 1 heterocycles. The SMILES string of the molecule is ClCCCOc1ccccc1C1OC=CO1. The minimum Gasteiger partial charge on any atom is -0.493 e. The van der Waals surface area contributed by atoms with Crippen molar-refractivity contribution in [3.8, 4) is 5.75 Å². The van der Waals surface area contributed by atoms with Gasteiger partial charge in [0.2, 0.25) is 0 Å². The molecule has 0 N–H and O–H groups in total. The molecule has 0 bridgehead atoms. The smallest absolute Gasteiger partial charge is 0.269 e. The highest BCUT2D eigenvalue weighted by Crippen LogP contribution is 2.31. The van der Waals surface area contributed by atoms with E-state index in [-0.39, 0.29) is 0 Å². The van der Waals surface area contributed by atoms with E-state index in [2.05, 4.69) is 0 Å². The molecule has 86 valence electrons. The first-order valence-electron chi connectivity index (χ1n) is 5.15. The van der Waals surface area contributed by atoms with Gasteiger partial charge in [-0.1, -0.05) is 12.1 Å². The lowest BCUT2D eigenvalue weighted by molar-refractivity contribution is -0.0264. The van der Waals surface area contributed by atoms with Gasteiger partial charge in [0, 0.05) is 5.88 Å². The van der Waals surface area contributed by atoms with E-state index < -0.39 is 6.29 Å². The highest BCUT2D eigenvalue weighted by molar-refractivity contribution is 6.17. The third-order valence-electron chi connectivity index (χ3n) is 2.17. The predicted molar refractivity (Wildman–Crippen MR) is 61.3 cm³/mol. The number of para-hydroxylation sites is 1. The Hall–Kier alpha value is -1.35. The molecular formula is C12H13ClO3. The number of hydrogen-bond acceptors (Lipinski definition) is 3. The zero-order chi connectivity index (χ0) is 11.2. The summed E-state index contributed by atoms with van der Waals surface area (Å²) < 4.78 is 16.2. The van der Waals surface area contributed by atoms with E-state index in [0.29, 0.717) is 12.5 Å². The maximum atomic E-state index is 5.62. The normalized spacial score (nSPS) is 14.6. The Balaban J connectivity index is 2.04. The summed E-state index contributed by atoms with van der Waals surface area (Å²) in [7, 11) is 0. The molecule has 1 aliphatic rings. The molecule has 2 rings (SSSR count). The van der Waals surface area contributed by atoms with Gasteiger partial charge in [0.1, 0.15) is 18.3 Å². The Morgan fingerprint density at radius 3 is 2.69 bits per heavy atom. The molecule has 0 unspecified atom stereocenters. The molecule has 3 nitrogen and oxygen atoms in total. The van der Waals surface area contributed by atoms with Crippen molar-refractivity contribution in [2.24, 2.45) is 0 Å². The number of halogens is 1. The van der Waals surface area contributed by atoms with Crippen LogP contribution < -0.4 is 4.74 Å². The summed E-state index contributed by atoms with van der Waals surface area (Å²) in [6.45, 7) is 0.598. The minimum absolute atomic E-state index is 0.396. The molecule has 1 aromatic carbocycles. The Kier molecular flexibility index (Phi) is 3.94. The highest BCUT2D eigenvalue weighted by atomic mass is 35.5. The average molecular weight is 241 g/mol. The van der Waals surface area contributed by atoms with Crippen LogP contribution in [0.15, 0.2) is 36.8 Å². The monoisotopic (exact) mass is 240 g/mol. The zero-order valence-electron chi connectivity index (χ0n) is 8.77. The molecule has 0 aromatic heterocycles.